The van der Waals surface area contributed by atoms with Crippen molar-refractivity contribution in [1.29, 1.82) is 0 Å². The van der Waals surface area contributed by atoms with E-state index in [-0.39, 0.29) is 11.8 Å². The molecule has 4 heterocycles. The van der Waals surface area contributed by atoms with Crippen LogP contribution in [0, 0.1) is 11.8 Å². The number of carbonyl (C=O) groups is 2. The summed E-state index contributed by atoms with van der Waals surface area (Å²) in [5, 5.41) is 3.86. The molecular formula is C35H39N7O3. The maximum Gasteiger partial charge on any atom is 0.254 e. The number of likely N-dealkylation sites (tertiary alicyclic amines) is 1. The van der Waals surface area contributed by atoms with Gasteiger partial charge in [-0.25, -0.2) is 9.97 Å². The lowest BCUT2D eigenvalue weighted by Crippen LogP contribution is -2.42. The molecule has 7 rings (SSSR count). The minimum atomic E-state index is -0.150. The van der Waals surface area contributed by atoms with Gasteiger partial charge in [-0.2, -0.15) is 0 Å². The molecule has 10 heteroatoms. The van der Waals surface area contributed by atoms with Crippen LogP contribution in [0.3, 0.4) is 0 Å². The highest BCUT2D eigenvalue weighted by atomic mass is 16.5. The van der Waals surface area contributed by atoms with Crippen LogP contribution in [0.5, 0.6) is 5.75 Å². The van der Waals surface area contributed by atoms with E-state index in [9.17, 15) is 9.59 Å². The quantitative estimate of drug-likeness (QED) is 0.243. The summed E-state index contributed by atoms with van der Waals surface area (Å²) in [5.41, 5.74) is 12.3. The van der Waals surface area contributed by atoms with Crippen molar-refractivity contribution in [1.82, 2.24) is 24.0 Å². The molecule has 5 aromatic rings. The predicted molar refractivity (Wildman–Crippen MR) is 176 cm³/mol. The fraction of sp³-hybridized carbons (Fsp3) is 0.371. The highest BCUT2D eigenvalue weighted by Gasteiger charge is 2.29. The second kappa shape index (κ2) is 11.7. The second-order valence-corrected chi connectivity index (χ2v) is 12.5. The number of ether oxygens (including phenoxy) is 1. The number of aryl methyl sites for hydroxylation is 1. The van der Waals surface area contributed by atoms with E-state index in [4.69, 9.17) is 15.5 Å². The number of anilines is 1. The van der Waals surface area contributed by atoms with Gasteiger partial charge in [0.15, 0.2) is 5.82 Å². The summed E-state index contributed by atoms with van der Waals surface area (Å²) in [6, 6.07) is 16.1. The van der Waals surface area contributed by atoms with Gasteiger partial charge < -0.3 is 29.8 Å². The molecule has 1 aliphatic carbocycles. The molecule has 1 aliphatic heterocycles. The fourth-order valence-corrected chi connectivity index (χ4v) is 6.74. The van der Waals surface area contributed by atoms with E-state index in [2.05, 4.69) is 43.7 Å². The van der Waals surface area contributed by atoms with E-state index in [0.29, 0.717) is 42.1 Å². The van der Waals surface area contributed by atoms with Crippen LogP contribution in [-0.4, -0.2) is 62.6 Å². The van der Waals surface area contributed by atoms with Crippen LogP contribution in [0.2, 0.25) is 0 Å². The Bertz CT molecular complexity index is 1920. The van der Waals surface area contributed by atoms with Crippen LogP contribution in [0.4, 0.5) is 5.82 Å². The summed E-state index contributed by atoms with van der Waals surface area (Å²) in [4.78, 5) is 36.7. The van der Waals surface area contributed by atoms with Crippen LogP contribution in [0.1, 0.15) is 43.0 Å². The molecule has 0 spiro atoms. The van der Waals surface area contributed by atoms with Gasteiger partial charge in [0.05, 0.1) is 23.8 Å². The van der Waals surface area contributed by atoms with Gasteiger partial charge in [-0.1, -0.05) is 18.2 Å². The van der Waals surface area contributed by atoms with Crippen LogP contribution < -0.4 is 15.8 Å². The lowest BCUT2D eigenvalue weighted by Gasteiger charge is -2.32. The number of hydrogen-bond acceptors (Lipinski definition) is 6. The average Bonchev–Trinajstić information content (AvgIpc) is 3.72. The summed E-state index contributed by atoms with van der Waals surface area (Å²) < 4.78 is 10.3. The molecule has 2 aliphatic rings. The molecule has 0 radical (unpaired) electrons. The van der Waals surface area contributed by atoms with Crippen LogP contribution in [0.25, 0.3) is 44.6 Å². The molecule has 1 atom stereocenters. The lowest BCUT2D eigenvalue weighted by atomic mass is 9.97. The molecule has 0 unspecified atom stereocenters. The minimum Gasteiger partial charge on any atom is -0.494 e. The van der Waals surface area contributed by atoms with Gasteiger partial charge >= 0.3 is 0 Å². The van der Waals surface area contributed by atoms with Crippen molar-refractivity contribution in [2.75, 3.05) is 32.1 Å². The number of rotatable bonds is 8. The van der Waals surface area contributed by atoms with E-state index in [1.54, 1.807) is 7.11 Å². The molecule has 3 aromatic heterocycles. The summed E-state index contributed by atoms with van der Waals surface area (Å²) in [6.45, 7) is 4.36. The average molecular weight is 606 g/mol. The van der Waals surface area contributed by atoms with E-state index in [0.717, 1.165) is 70.5 Å². The standard InChI is InChI=1S/C35H39N7O3/c1-21(43)38-31-12-11-25(18-37-31)27-8-4-7-24-15-29(42(32(24)27)20-22-9-10-22)34-39-28-14-26(16-30(45-3)33(28)40(34)2)35(44)41-13-5-6-23(17-36)19-41/h4,7-8,11-12,14-16,18,22-23H,5-6,9-10,13,17,19-20,36H2,1-3H3,(H,37,38,43)/t23-/m0/s1. The highest BCUT2D eigenvalue weighted by molar-refractivity contribution is 6.01. The van der Waals surface area contributed by atoms with E-state index >= 15 is 0 Å². The van der Waals surface area contributed by atoms with Crippen molar-refractivity contribution in [3.8, 4) is 28.4 Å². The van der Waals surface area contributed by atoms with E-state index in [1.807, 2.05) is 42.4 Å². The zero-order valence-electron chi connectivity index (χ0n) is 26.0. The van der Waals surface area contributed by atoms with Crippen molar-refractivity contribution in [3.05, 3.63) is 60.3 Å². The minimum absolute atomic E-state index is 0.00817. The lowest BCUT2D eigenvalue weighted by molar-refractivity contribution is -0.114. The number of pyridine rings is 1. The van der Waals surface area contributed by atoms with Crippen molar-refractivity contribution in [2.24, 2.45) is 24.6 Å². The van der Waals surface area contributed by atoms with Crippen molar-refractivity contribution in [2.45, 2.75) is 39.2 Å². The summed E-state index contributed by atoms with van der Waals surface area (Å²) in [5.74, 6) is 2.76. The Hall–Kier alpha value is -4.70. The largest absolute Gasteiger partial charge is 0.494 e. The predicted octanol–water partition coefficient (Wildman–Crippen LogP) is 5.44. The number of benzene rings is 2. The molecule has 3 N–H and O–H groups in total. The van der Waals surface area contributed by atoms with Gasteiger partial charge in [-0.3, -0.25) is 9.59 Å². The van der Waals surface area contributed by atoms with E-state index < -0.39 is 0 Å². The first kappa shape index (κ1) is 29.0. The Balaban J connectivity index is 1.34. The zero-order valence-corrected chi connectivity index (χ0v) is 26.0. The smallest absolute Gasteiger partial charge is 0.254 e. The number of nitrogens with zero attached hydrogens (tertiary/aromatic N) is 5. The van der Waals surface area contributed by atoms with Gasteiger partial charge in [0.1, 0.15) is 17.1 Å². The highest BCUT2D eigenvalue weighted by Crippen LogP contribution is 2.40. The molecule has 2 fully saturated rings. The Morgan fingerprint density at radius 1 is 1.07 bits per heavy atom. The first-order chi connectivity index (χ1) is 21.8. The molecular weight excluding hydrogens is 566 g/mol. The van der Waals surface area contributed by atoms with Crippen LogP contribution in [-0.2, 0) is 18.4 Å². The molecule has 1 saturated heterocycles. The van der Waals surface area contributed by atoms with Crippen molar-refractivity contribution >= 4 is 39.6 Å². The number of methoxy groups -OCH3 is 1. The molecule has 232 valence electrons. The number of nitrogens with one attached hydrogen (secondary N) is 1. The third kappa shape index (κ3) is 5.44. The molecule has 1 saturated carbocycles. The van der Waals surface area contributed by atoms with Crippen LogP contribution in [0.15, 0.2) is 54.7 Å². The number of piperidine rings is 1. The van der Waals surface area contributed by atoms with Gasteiger partial charge in [0.2, 0.25) is 5.91 Å². The SMILES string of the molecule is COc1cc(C(=O)N2CCC[C@@H](CN)C2)cc2nc(-c3cc4cccc(-c5ccc(NC(C)=O)nc5)c4n3CC3CC3)n(C)c12. The molecule has 0 bridgehead atoms. The van der Waals surface area contributed by atoms with Crippen molar-refractivity contribution in [3.63, 3.8) is 0 Å². The Labute approximate surface area is 262 Å². The monoisotopic (exact) mass is 605 g/mol. The first-order valence-corrected chi connectivity index (χ1v) is 15.7. The van der Waals surface area contributed by atoms with Gasteiger partial charge in [0.25, 0.3) is 5.91 Å². The maximum atomic E-state index is 13.6. The van der Waals surface area contributed by atoms with Gasteiger partial charge in [0, 0.05) is 61.9 Å². The fourth-order valence-electron chi connectivity index (χ4n) is 6.74. The summed E-state index contributed by atoms with van der Waals surface area (Å²) >= 11 is 0. The van der Waals surface area contributed by atoms with Gasteiger partial charge in [-0.05, 0) is 74.4 Å². The summed E-state index contributed by atoms with van der Waals surface area (Å²) in [6.07, 6.45) is 6.24. The van der Waals surface area contributed by atoms with E-state index in [1.165, 1.54) is 19.8 Å². The Kier molecular flexibility index (Phi) is 7.53. The number of imidazole rings is 1. The second-order valence-electron chi connectivity index (χ2n) is 12.5. The third-order valence-corrected chi connectivity index (χ3v) is 9.21. The number of fused-ring (bicyclic) bond motifs is 2. The third-order valence-electron chi connectivity index (χ3n) is 9.21. The number of aromatic nitrogens is 4. The van der Waals surface area contributed by atoms with Crippen molar-refractivity contribution < 1.29 is 14.3 Å². The first-order valence-electron chi connectivity index (χ1n) is 15.7. The molecule has 2 amide bonds. The van der Waals surface area contributed by atoms with Crippen LogP contribution >= 0.6 is 0 Å². The van der Waals surface area contributed by atoms with Gasteiger partial charge in [-0.15, -0.1) is 0 Å². The normalized spacial score (nSPS) is 16.8. The topological polar surface area (TPSA) is 120 Å². The number of nitrogens with two attached hydrogens (primary N) is 1. The number of para-hydroxylation sites is 1. The Morgan fingerprint density at radius 3 is 2.62 bits per heavy atom. The number of carbonyl (C=O) groups excluding carboxylic acids is 2. The number of amides is 2. The Morgan fingerprint density at radius 2 is 1.91 bits per heavy atom. The number of hydrogen-bond donors (Lipinski definition) is 2. The summed E-state index contributed by atoms with van der Waals surface area (Å²) in [7, 11) is 3.65. The molecule has 10 nitrogen and oxygen atoms in total. The maximum absolute atomic E-state index is 13.6. The zero-order chi connectivity index (χ0) is 31.2. The molecule has 2 aromatic carbocycles. The molecule has 45 heavy (non-hydrogen) atoms.